The average Bonchev–Trinajstić information content (AvgIpc) is 2.46. The first kappa shape index (κ1) is 16.5. The van der Waals surface area contributed by atoms with Gasteiger partial charge in [-0.2, -0.15) is 0 Å². The van der Waals surface area contributed by atoms with Crippen LogP contribution in [0.15, 0.2) is 12.1 Å². The molecule has 0 heterocycles. The highest BCUT2D eigenvalue weighted by Gasteiger charge is 2.34. The first-order chi connectivity index (χ1) is 9.99. The number of ether oxygens (including phenoxy) is 1. The van der Waals surface area contributed by atoms with E-state index in [1.807, 2.05) is 0 Å². The smallest absolute Gasteiger partial charge is 0.0808 e. The van der Waals surface area contributed by atoms with Gasteiger partial charge in [0.15, 0.2) is 0 Å². The quantitative estimate of drug-likeness (QED) is 0.870. The Hall–Kier alpha value is -0.860. The van der Waals surface area contributed by atoms with Gasteiger partial charge in [0.2, 0.25) is 0 Å². The lowest BCUT2D eigenvalue weighted by atomic mass is 9.77. The predicted octanol–water partition coefficient (Wildman–Crippen LogP) is 4.43. The van der Waals surface area contributed by atoms with Crippen LogP contribution in [0.25, 0.3) is 0 Å². The van der Waals surface area contributed by atoms with Gasteiger partial charge in [-0.05, 0) is 69.1 Å². The van der Waals surface area contributed by atoms with Gasteiger partial charge in [0.25, 0.3) is 0 Å². The van der Waals surface area contributed by atoms with E-state index in [0.717, 1.165) is 18.8 Å². The SMILES string of the molecule is CCC1CCC(CN)(OCc2c(C)cc(C)cc2C)CC1. The summed E-state index contributed by atoms with van der Waals surface area (Å²) in [5.74, 6) is 0.871. The van der Waals surface area contributed by atoms with Crippen molar-refractivity contribution in [2.75, 3.05) is 6.54 Å². The topological polar surface area (TPSA) is 35.2 Å². The molecule has 0 aromatic heterocycles. The van der Waals surface area contributed by atoms with E-state index in [2.05, 4.69) is 39.8 Å². The monoisotopic (exact) mass is 289 g/mol. The highest BCUT2D eigenvalue weighted by Crippen LogP contribution is 2.36. The second kappa shape index (κ2) is 6.93. The first-order valence-corrected chi connectivity index (χ1v) is 8.40. The van der Waals surface area contributed by atoms with Gasteiger partial charge in [0, 0.05) is 6.54 Å². The minimum absolute atomic E-state index is 0.0879. The summed E-state index contributed by atoms with van der Waals surface area (Å²) < 4.78 is 6.38. The Morgan fingerprint density at radius 1 is 1.14 bits per heavy atom. The molecule has 0 atom stereocenters. The van der Waals surface area contributed by atoms with Crippen molar-refractivity contribution in [2.45, 2.75) is 72.0 Å². The minimum Gasteiger partial charge on any atom is -0.369 e. The molecule has 1 aromatic rings. The van der Waals surface area contributed by atoms with Crippen molar-refractivity contribution in [3.63, 3.8) is 0 Å². The molecule has 2 nitrogen and oxygen atoms in total. The standard InChI is InChI=1S/C19H31NO/c1-5-17-6-8-19(13-20,9-7-17)21-12-18-15(3)10-14(2)11-16(18)4/h10-11,17H,5-9,12-13,20H2,1-4H3. The second-order valence-electron chi connectivity index (χ2n) is 6.90. The molecule has 0 amide bonds. The van der Waals surface area contributed by atoms with Crippen LogP contribution in [0.3, 0.4) is 0 Å². The van der Waals surface area contributed by atoms with E-state index in [-0.39, 0.29) is 5.60 Å². The van der Waals surface area contributed by atoms with Crippen LogP contribution in [0, 0.1) is 26.7 Å². The zero-order valence-electron chi connectivity index (χ0n) is 14.2. The minimum atomic E-state index is -0.0879. The summed E-state index contributed by atoms with van der Waals surface area (Å²) in [5.41, 5.74) is 11.3. The third-order valence-electron chi connectivity index (χ3n) is 5.33. The van der Waals surface area contributed by atoms with E-state index in [0.29, 0.717) is 13.2 Å². The number of hydrogen-bond acceptors (Lipinski definition) is 2. The molecule has 0 bridgehead atoms. The fraction of sp³-hybridized carbons (Fsp3) is 0.684. The molecular weight excluding hydrogens is 258 g/mol. The van der Waals surface area contributed by atoms with Crippen molar-refractivity contribution in [2.24, 2.45) is 11.7 Å². The third kappa shape index (κ3) is 3.87. The number of hydrogen-bond donors (Lipinski definition) is 1. The van der Waals surface area contributed by atoms with Gasteiger partial charge in [-0.15, -0.1) is 0 Å². The molecule has 2 N–H and O–H groups in total. The lowest BCUT2D eigenvalue weighted by Crippen LogP contribution is -2.44. The molecule has 21 heavy (non-hydrogen) atoms. The summed E-state index contributed by atoms with van der Waals surface area (Å²) in [4.78, 5) is 0. The normalized spacial score (nSPS) is 26.0. The summed E-state index contributed by atoms with van der Waals surface area (Å²) >= 11 is 0. The highest BCUT2D eigenvalue weighted by molar-refractivity contribution is 5.37. The number of nitrogens with two attached hydrogens (primary N) is 1. The lowest BCUT2D eigenvalue weighted by Gasteiger charge is -2.39. The number of benzene rings is 1. The van der Waals surface area contributed by atoms with Gasteiger partial charge in [0.1, 0.15) is 0 Å². The van der Waals surface area contributed by atoms with Gasteiger partial charge in [-0.3, -0.25) is 0 Å². The highest BCUT2D eigenvalue weighted by atomic mass is 16.5. The maximum absolute atomic E-state index is 6.38. The zero-order valence-corrected chi connectivity index (χ0v) is 14.2. The molecule has 0 radical (unpaired) electrons. The Bertz CT molecular complexity index is 449. The maximum atomic E-state index is 6.38. The van der Waals surface area contributed by atoms with Gasteiger partial charge in [-0.1, -0.05) is 31.0 Å². The Kier molecular flexibility index (Phi) is 5.45. The Morgan fingerprint density at radius 3 is 2.19 bits per heavy atom. The van der Waals surface area contributed by atoms with Gasteiger partial charge >= 0.3 is 0 Å². The lowest BCUT2D eigenvalue weighted by molar-refractivity contribution is -0.0815. The van der Waals surface area contributed by atoms with E-state index in [1.54, 1.807) is 0 Å². The summed E-state index contributed by atoms with van der Waals surface area (Å²) in [6.45, 7) is 10.2. The van der Waals surface area contributed by atoms with Crippen LogP contribution < -0.4 is 5.73 Å². The third-order valence-corrected chi connectivity index (χ3v) is 5.33. The second-order valence-corrected chi connectivity index (χ2v) is 6.90. The molecular formula is C19H31NO. The fourth-order valence-corrected chi connectivity index (χ4v) is 3.68. The largest absolute Gasteiger partial charge is 0.369 e. The van der Waals surface area contributed by atoms with Crippen molar-refractivity contribution in [1.82, 2.24) is 0 Å². The summed E-state index contributed by atoms with van der Waals surface area (Å²) in [5, 5.41) is 0. The molecule has 0 saturated heterocycles. The van der Waals surface area contributed by atoms with Crippen LogP contribution in [0.4, 0.5) is 0 Å². The van der Waals surface area contributed by atoms with Crippen molar-refractivity contribution in [3.05, 3.63) is 34.4 Å². The molecule has 1 aromatic carbocycles. The summed E-state index contributed by atoms with van der Waals surface area (Å²) in [7, 11) is 0. The fourth-order valence-electron chi connectivity index (χ4n) is 3.68. The number of aryl methyl sites for hydroxylation is 3. The van der Waals surface area contributed by atoms with E-state index < -0.39 is 0 Å². The molecule has 1 aliphatic carbocycles. The molecule has 1 saturated carbocycles. The van der Waals surface area contributed by atoms with Gasteiger partial charge in [-0.25, -0.2) is 0 Å². The van der Waals surface area contributed by atoms with Crippen molar-refractivity contribution in [3.8, 4) is 0 Å². The molecule has 1 aliphatic rings. The van der Waals surface area contributed by atoms with Crippen molar-refractivity contribution >= 4 is 0 Å². The van der Waals surface area contributed by atoms with Crippen LogP contribution >= 0.6 is 0 Å². The van der Waals surface area contributed by atoms with Crippen LogP contribution in [0.2, 0.25) is 0 Å². The molecule has 118 valence electrons. The van der Waals surface area contributed by atoms with Crippen LogP contribution in [0.5, 0.6) is 0 Å². The average molecular weight is 289 g/mol. The first-order valence-electron chi connectivity index (χ1n) is 8.40. The van der Waals surface area contributed by atoms with E-state index >= 15 is 0 Å². The van der Waals surface area contributed by atoms with Crippen LogP contribution in [-0.4, -0.2) is 12.1 Å². The molecule has 2 heteroatoms. The summed E-state index contributed by atoms with van der Waals surface area (Å²) in [6, 6.07) is 4.49. The molecule has 0 aliphatic heterocycles. The van der Waals surface area contributed by atoms with E-state index in [1.165, 1.54) is 41.5 Å². The van der Waals surface area contributed by atoms with Gasteiger partial charge in [0.05, 0.1) is 12.2 Å². The molecule has 0 spiro atoms. The Labute approximate surface area is 130 Å². The maximum Gasteiger partial charge on any atom is 0.0808 e. The van der Waals surface area contributed by atoms with Gasteiger partial charge < -0.3 is 10.5 Å². The predicted molar refractivity (Wildman–Crippen MR) is 89.5 cm³/mol. The zero-order chi connectivity index (χ0) is 15.5. The van der Waals surface area contributed by atoms with Crippen molar-refractivity contribution < 1.29 is 4.74 Å². The Balaban J connectivity index is 2.04. The van der Waals surface area contributed by atoms with E-state index in [4.69, 9.17) is 10.5 Å². The molecule has 2 rings (SSSR count). The molecule has 1 fully saturated rings. The van der Waals surface area contributed by atoms with Crippen LogP contribution in [-0.2, 0) is 11.3 Å². The summed E-state index contributed by atoms with van der Waals surface area (Å²) in [6.07, 6.45) is 6.05. The number of rotatable bonds is 5. The van der Waals surface area contributed by atoms with Crippen molar-refractivity contribution in [1.29, 1.82) is 0 Å². The van der Waals surface area contributed by atoms with Crippen LogP contribution in [0.1, 0.15) is 61.3 Å². The van der Waals surface area contributed by atoms with E-state index in [9.17, 15) is 0 Å². The Morgan fingerprint density at radius 2 is 1.71 bits per heavy atom. The molecule has 0 unspecified atom stereocenters.